The topological polar surface area (TPSA) is 26.3 Å². The second-order valence-electron chi connectivity index (χ2n) is 3.34. The molecule has 3 rings (SSSR count). The van der Waals surface area contributed by atoms with Gasteiger partial charge in [0.25, 0.3) is 0 Å². The van der Waals surface area contributed by atoms with Gasteiger partial charge in [0.1, 0.15) is 16.9 Å². The lowest BCUT2D eigenvalue weighted by molar-refractivity contribution is 0.577. The van der Waals surface area contributed by atoms with Crippen LogP contribution in [0.3, 0.4) is 0 Å². The van der Waals surface area contributed by atoms with Crippen LogP contribution in [0.1, 0.15) is 5.76 Å². The first-order valence-electron chi connectivity index (χ1n) is 4.31. The average Bonchev–Trinajstić information content (AvgIpc) is 2.59. The summed E-state index contributed by atoms with van der Waals surface area (Å²) < 4.78 is 12.0. The van der Waals surface area contributed by atoms with Gasteiger partial charge in [-0.25, -0.2) is 0 Å². The monoisotopic (exact) mass is 298 g/mol. The molecule has 3 heteroatoms. The molecule has 0 amide bonds. The molecule has 3 aromatic rings. The molecular weight excluding hydrogens is 291 g/mol. The number of benzene rings is 1. The third kappa shape index (κ3) is 1.15. The maximum atomic E-state index is 5.54. The molecular formula is C11H7IO2. The van der Waals surface area contributed by atoms with Gasteiger partial charge in [-0.05, 0) is 53.8 Å². The van der Waals surface area contributed by atoms with Crippen LogP contribution in [-0.2, 0) is 0 Å². The fraction of sp³-hybridized carbons (Fsp3) is 0.0909. The molecule has 0 atom stereocenters. The standard InChI is InChI=1S/C11H7IO2/c1-6-2-7-3-10-8(4-9(7)13-6)5-11(12)14-10/h2-5H,1H3. The van der Waals surface area contributed by atoms with Crippen molar-refractivity contribution in [1.82, 2.24) is 0 Å². The van der Waals surface area contributed by atoms with E-state index < -0.39 is 0 Å². The molecule has 0 aliphatic rings. The molecule has 0 N–H and O–H groups in total. The number of furan rings is 2. The molecule has 0 unspecified atom stereocenters. The number of rotatable bonds is 0. The molecule has 0 radical (unpaired) electrons. The highest BCUT2D eigenvalue weighted by molar-refractivity contribution is 14.1. The van der Waals surface area contributed by atoms with Gasteiger partial charge in [-0.15, -0.1) is 0 Å². The average molecular weight is 298 g/mol. The molecule has 14 heavy (non-hydrogen) atoms. The van der Waals surface area contributed by atoms with E-state index in [0.29, 0.717) is 0 Å². The van der Waals surface area contributed by atoms with E-state index in [4.69, 9.17) is 8.83 Å². The molecule has 0 spiro atoms. The van der Waals surface area contributed by atoms with Gasteiger partial charge in [0.05, 0.1) is 0 Å². The van der Waals surface area contributed by atoms with Crippen LogP contribution in [0.2, 0.25) is 0 Å². The van der Waals surface area contributed by atoms with E-state index in [-0.39, 0.29) is 0 Å². The van der Waals surface area contributed by atoms with Gasteiger partial charge < -0.3 is 8.83 Å². The first kappa shape index (κ1) is 8.35. The Morgan fingerprint density at radius 3 is 2.36 bits per heavy atom. The maximum absolute atomic E-state index is 5.54. The number of hydrogen-bond acceptors (Lipinski definition) is 2. The zero-order valence-corrected chi connectivity index (χ0v) is 9.66. The van der Waals surface area contributed by atoms with Crippen molar-refractivity contribution < 1.29 is 8.83 Å². The summed E-state index contributed by atoms with van der Waals surface area (Å²) >= 11 is 2.17. The Hall–Kier alpha value is -0.970. The quantitative estimate of drug-likeness (QED) is 0.584. The van der Waals surface area contributed by atoms with E-state index in [9.17, 15) is 0 Å². The predicted molar refractivity (Wildman–Crippen MR) is 63.4 cm³/mol. The highest BCUT2D eigenvalue weighted by Gasteiger charge is 2.06. The van der Waals surface area contributed by atoms with Crippen molar-refractivity contribution in [2.75, 3.05) is 0 Å². The predicted octanol–water partition coefficient (Wildman–Crippen LogP) is 4.09. The Kier molecular flexibility index (Phi) is 1.65. The van der Waals surface area contributed by atoms with Crippen LogP contribution in [0.4, 0.5) is 0 Å². The van der Waals surface area contributed by atoms with Crippen molar-refractivity contribution in [3.05, 3.63) is 33.8 Å². The normalized spacial score (nSPS) is 11.6. The number of hydrogen-bond donors (Lipinski definition) is 0. The van der Waals surface area contributed by atoms with Gasteiger partial charge in [-0.2, -0.15) is 0 Å². The summed E-state index contributed by atoms with van der Waals surface area (Å²) in [5.74, 6) is 0.933. The van der Waals surface area contributed by atoms with Gasteiger partial charge in [-0.1, -0.05) is 0 Å². The largest absolute Gasteiger partial charge is 0.461 e. The van der Waals surface area contributed by atoms with Crippen molar-refractivity contribution in [1.29, 1.82) is 0 Å². The lowest BCUT2D eigenvalue weighted by Gasteiger charge is -1.87. The van der Waals surface area contributed by atoms with Crippen LogP contribution in [0, 0.1) is 10.7 Å². The van der Waals surface area contributed by atoms with Gasteiger partial charge in [0, 0.05) is 10.8 Å². The highest BCUT2D eigenvalue weighted by Crippen LogP contribution is 2.28. The van der Waals surface area contributed by atoms with Crippen LogP contribution in [0.5, 0.6) is 0 Å². The van der Waals surface area contributed by atoms with E-state index in [1.807, 2.05) is 31.2 Å². The summed E-state index contributed by atoms with van der Waals surface area (Å²) in [6.07, 6.45) is 0. The molecule has 0 saturated heterocycles. The van der Waals surface area contributed by atoms with Crippen molar-refractivity contribution in [3.8, 4) is 0 Å². The lowest BCUT2D eigenvalue weighted by Crippen LogP contribution is -1.63. The molecule has 2 nitrogen and oxygen atoms in total. The smallest absolute Gasteiger partial charge is 0.165 e. The van der Waals surface area contributed by atoms with E-state index in [1.54, 1.807) is 0 Å². The summed E-state index contributed by atoms with van der Waals surface area (Å²) in [6, 6.07) is 8.06. The van der Waals surface area contributed by atoms with E-state index in [0.717, 1.165) is 31.5 Å². The van der Waals surface area contributed by atoms with Crippen molar-refractivity contribution >= 4 is 44.5 Å². The third-order valence-electron chi connectivity index (χ3n) is 2.25. The minimum atomic E-state index is 0.905. The Labute approximate surface area is 94.0 Å². The first-order valence-corrected chi connectivity index (χ1v) is 5.39. The molecule has 0 aliphatic heterocycles. The fourth-order valence-corrected chi connectivity index (χ4v) is 2.25. The Morgan fingerprint density at radius 1 is 0.929 bits per heavy atom. The van der Waals surface area contributed by atoms with Crippen LogP contribution >= 0.6 is 22.6 Å². The molecule has 0 saturated carbocycles. The minimum Gasteiger partial charge on any atom is -0.461 e. The summed E-state index contributed by atoms with van der Waals surface area (Å²) in [5, 5.41) is 2.19. The van der Waals surface area contributed by atoms with Crippen molar-refractivity contribution in [2.45, 2.75) is 6.92 Å². The van der Waals surface area contributed by atoms with Gasteiger partial charge in [0.2, 0.25) is 0 Å². The van der Waals surface area contributed by atoms with Gasteiger partial charge in [-0.3, -0.25) is 0 Å². The summed E-state index contributed by atoms with van der Waals surface area (Å²) in [7, 11) is 0. The Balaban J connectivity index is 2.49. The van der Waals surface area contributed by atoms with E-state index >= 15 is 0 Å². The molecule has 0 aliphatic carbocycles. The second kappa shape index (κ2) is 2.76. The van der Waals surface area contributed by atoms with Crippen LogP contribution in [0.15, 0.2) is 33.1 Å². The SMILES string of the molecule is Cc1cc2cc3oc(I)cc3cc2o1. The number of halogens is 1. The molecule has 2 aromatic heterocycles. The molecule has 0 bridgehead atoms. The molecule has 1 aromatic carbocycles. The Morgan fingerprint density at radius 2 is 1.57 bits per heavy atom. The number of fused-ring (bicyclic) bond motifs is 2. The van der Waals surface area contributed by atoms with E-state index in [2.05, 4.69) is 22.6 Å². The third-order valence-corrected chi connectivity index (χ3v) is 2.78. The summed E-state index contributed by atoms with van der Waals surface area (Å²) in [4.78, 5) is 0. The van der Waals surface area contributed by atoms with Crippen LogP contribution in [0.25, 0.3) is 21.9 Å². The lowest BCUT2D eigenvalue weighted by atomic mass is 10.2. The number of aryl methyl sites for hydroxylation is 1. The highest BCUT2D eigenvalue weighted by atomic mass is 127. The molecule has 70 valence electrons. The Bertz CT molecular complexity index is 516. The van der Waals surface area contributed by atoms with Gasteiger partial charge >= 0.3 is 0 Å². The van der Waals surface area contributed by atoms with Crippen molar-refractivity contribution in [2.24, 2.45) is 0 Å². The van der Waals surface area contributed by atoms with Crippen LogP contribution in [-0.4, -0.2) is 0 Å². The summed E-state index contributed by atoms with van der Waals surface area (Å²) in [6.45, 7) is 1.95. The maximum Gasteiger partial charge on any atom is 0.165 e. The summed E-state index contributed by atoms with van der Waals surface area (Å²) in [5.41, 5.74) is 1.84. The minimum absolute atomic E-state index is 0.905. The second-order valence-corrected chi connectivity index (χ2v) is 4.40. The zero-order chi connectivity index (χ0) is 9.71. The van der Waals surface area contributed by atoms with Crippen LogP contribution < -0.4 is 0 Å². The molecule has 0 fully saturated rings. The zero-order valence-electron chi connectivity index (χ0n) is 7.50. The van der Waals surface area contributed by atoms with Crippen molar-refractivity contribution in [3.63, 3.8) is 0 Å². The first-order chi connectivity index (χ1) is 6.72. The fourth-order valence-electron chi connectivity index (χ4n) is 1.67. The van der Waals surface area contributed by atoms with Gasteiger partial charge in [0.15, 0.2) is 3.77 Å². The molecule has 2 heterocycles. The van der Waals surface area contributed by atoms with E-state index in [1.165, 1.54) is 0 Å².